The number of anilines is 1. The highest BCUT2D eigenvalue weighted by Crippen LogP contribution is 2.30. The summed E-state index contributed by atoms with van der Waals surface area (Å²) >= 11 is 1.69. The van der Waals surface area contributed by atoms with Gasteiger partial charge in [-0.3, -0.25) is 0 Å². The number of thiazole rings is 1. The molecule has 64 valence electrons. The Morgan fingerprint density at radius 3 is 3.38 bits per heavy atom. The lowest BCUT2D eigenvalue weighted by Gasteiger charge is -2.12. The Labute approximate surface area is 79.9 Å². The monoisotopic (exact) mass is 188 g/mol. The molecule has 0 saturated carbocycles. The zero-order valence-corrected chi connectivity index (χ0v) is 7.77. The number of nitrogens with one attached hydrogen (secondary N) is 1. The minimum atomic E-state index is 0.919. The van der Waals surface area contributed by atoms with E-state index in [0.29, 0.717) is 0 Å². The molecule has 0 unspecified atom stereocenters. The number of hydrogen-bond acceptors (Lipinski definition) is 3. The van der Waals surface area contributed by atoms with Crippen molar-refractivity contribution in [2.24, 2.45) is 0 Å². The van der Waals surface area contributed by atoms with Crippen molar-refractivity contribution in [1.29, 1.82) is 0 Å². The van der Waals surface area contributed by atoms with Crippen LogP contribution in [-0.4, -0.2) is 11.5 Å². The lowest BCUT2D eigenvalue weighted by Crippen LogP contribution is -2.04. The Balaban J connectivity index is 2.43. The third kappa shape index (κ3) is 0.971. The summed E-state index contributed by atoms with van der Waals surface area (Å²) in [5, 5.41) is 3.32. The van der Waals surface area contributed by atoms with Crippen molar-refractivity contribution in [1.82, 2.24) is 4.98 Å². The molecule has 0 aliphatic carbocycles. The van der Waals surface area contributed by atoms with Crippen LogP contribution in [0.4, 0.5) is 5.69 Å². The van der Waals surface area contributed by atoms with E-state index in [1.165, 1.54) is 16.0 Å². The second-order valence-electron chi connectivity index (χ2n) is 3.01. The zero-order chi connectivity index (χ0) is 8.67. The molecule has 0 saturated heterocycles. The van der Waals surface area contributed by atoms with Gasteiger partial charge in [-0.25, -0.2) is 4.98 Å². The Bertz CT molecular complexity index is 485. The maximum Gasteiger partial charge on any atom is 0.0904 e. The number of fused-ring (bicyclic) bond motifs is 3. The van der Waals surface area contributed by atoms with Crippen molar-refractivity contribution < 1.29 is 0 Å². The minimum Gasteiger partial charge on any atom is -0.381 e. The van der Waals surface area contributed by atoms with Crippen LogP contribution < -0.4 is 5.32 Å². The third-order valence-corrected chi connectivity index (χ3v) is 3.03. The predicted octanol–water partition coefficient (Wildman–Crippen LogP) is 2.74. The van der Waals surface area contributed by atoms with E-state index >= 15 is 0 Å². The molecule has 1 aliphatic heterocycles. The molecule has 0 bridgehead atoms. The van der Waals surface area contributed by atoms with Gasteiger partial charge in [0.05, 0.1) is 15.7 Å². The molecule has 1 aliphatic rings. The lowest BCUT2D eigenvalue weighted by atomic mass is 10.1. The van der Waals surface area contributed by atoms with Gasteiger partial charge in [-0.05, 0) is 12.1 Å². The molecule has 1 aromatic carbocycles. The third-order valence-electron chi connectivity index (χ3n) is 2.24. The van der Waals surface area contributed by atoms with Crippen LogP contribution in [0.15, 0.2) is 23.7 Å². The summed E-state index contributed by atoms with van der Waals surface area (Å²) in [6.07, 6.45) is 4.27. The fourth-order valence-corrected chi connectivity index (χ4v) is 2.31. The van der Waals surface area contributed by atoms with E-state index in [-0.39, 0.29) is 0 Å². The number of aromatic nitrogens is 1. The summed E-state index contributed by atoms with van der Waals surface area (Å²) in [5.41, 5.74) is 5.43. The molecule has 0 amide bonds. The van der Waals surface area contributed by atoms with Crippen LogP contribution in [0, 0.1) is 0 Å². The van der Waals surface area contributed by atoms with E-state index < -0.39 is 0 Å². The van der Waals surface area contributed by atoms with E-state index in [4.69, 9.17) is 0 Å². The quantitative estimate of drug-likeness (QED) is 0.687. The van der Waals surface area contributed by atoms with Crippen molar-refractivity contribution in [2.75, 3.05) is 11.9 Å². The Hall–Kier alpha value is -1.35. The normalized spacial score (nSPS) is 14.2. The van der Waals surface area contributed by atoms with E-state index in [0.717, 1.165) is 12.1 Å². The maximum atomic E-state index is 4.36. The standard InChI is InChI=1S/C10H8N2S/c1-2-7-8(11-5-1)3-4-9-10(7)12-6-13-9/h1-4,6,11H,5H2. The first-order chi connectivity index (χ1) is 6.45. The summed E-state index contributed by atoms with van der Waals surface area (Å²) in [6, 6.07) is 4.25. The average Bonchev–Trinajstić information content (AvgIpc) is 2.65. The summed E-state index contributed by atoms with van der Waals surface area (Å²) in [5.74, 6) is 0. The Morgan fingerprint density at radius 2 is 2.38 bits per heavy atom. The van der Waals surface area contributed by atoms with Crippen molar-refractivity contribution in [2.45, 2.75) is 0 Å². The molecule has 2 nitrogen and oxygen atoms in total. The molecule has 1 N–H and O–H groups in total. The molecule has 0 radical (unpaired) electrons. The lowest BCUT2D eigenvalue weighted by molar-refractivity contribution is 1.31. The topological polar surface area (TPSA) is 24.9 Å². The summed E-state index contributed by atoms with van der Waals surface area (Å²) in [6.45, 7) is 0.919. The van der Waals surface area contributed by atoms with Crippen LogP contribution >= 0.6 is 11.3 Å². The minimum absolute atomic E-state index is 0.919. The summed E-state index contributed by atoms with van der Waals surface area (Å²) < 4.78 is 1.26. The van der Waals surface area contributed by atoms with Crippen LogP contribution in [0.25, 0.3) is 16.3 Å². The highest BCUT2D eigenvalue weighted by atomic mass is 32.1. The van der Waals surface area contributed by atoms with Crippen LogP contribution in [0.3, 0.4) is 0 Å². The van der Waals surface area contributed by atoms with Crippen LogP contribution in [0.2, 0.25) is 0 Å². The van der Waals surface area contributed by atoms with Crippen molar-refractivity contribution in [3.63, 3.8) is 0 Å². The number of hydrogen-bond donors (Lipinski definition) is 1. The van der Waals surface area contributed by atoms with Crippen molar-refractivity contribution in [3.05, 3.63) is 29.3 Å². The molecular weight excluding hydrogens is 180 g/mol. The predicted molar refractivity (Wildman–Crippen MR) is 57.1 cm³/mol. The first-order valence-electron chi connectivity index (χ1n) is 4.22. The number of rotatable bonds is 0. The van der Waals surface area contributed by atoms with Gasteiger partial charge in [0.15, 0.2) is 0 Å². The molecule has 3 rings (SSSR count). The number of nitrogens with zero attached hydrogens (tertiary/aromatic N) is 1. The van der Waals surface area contributed by atoms with Gasteiger partial charge in [-0.15, -0.1) is 11.3 Å². The van der Waals surface area contributed by atoms with Gasteiger partial charge in [0.2, 0.25) is 0 Å². The van der Waals surface area contributed by atoms with Crippen LogP contribution in [0.5, 0.6) is 0 Å². The van der Waals surface area contributed by atoms with Crippen molar-refractivity contribution in [3.8, 4) is 0 Å². The van der Waals surface area contributed by atoms with E-state index in [9.17, 15) is 0 Å². The molecule has 2 aromatic rings. The van der Waals surface area contributed by atoms with Gasteiger partial charge in [0, 0.05) is 17.8 Å². The maximum absolute atomic E-state index is 4.36. The number of benzene rings is 1. The van der Waals surface area contributed by atoms with Gasteiger partial charge < -0.3 is 5.32 Å². The first-order valence-corrected chi connectivity index (χ1v) is 5.10. The second-order valence-corrected chi connectivity index (χ2v) is 3.90. The zero-order valence-electron chi connectivity index (χ0n) is 6.95. The van der Waals surface area contributed by atoms with Gasteiger partial charge in [-0.2, -0.15) is 0 Å². The molecule has 1 aromatic heterocycles. The van der Waals surface area contributed by atoms with Gasteiger partial charge >= 0.3 is 0 Å². The average molecular weight is 188 g/mol. The van der Waals surface area contributed by atoms with Crippen molar-refractivity contribution >= 4 is 33.3 Å². The molecule has 0 fully saturated rings. The van der Waals surface area contributed by atoms with Crippen LogP contribution in [0.1, 0.15) is 5.56 Å². The highest BCUT2D eigenvalue weighted by molar-refractivity contribution is 7.16. The fourth-order valence-electron chi connectivity index (χ4n) is 1.62. The summed E-state index contributed by atoms with van der Waals surface area (Å²) in [7, 11) is 0. The summed E-state index contributed by atoms with van der Waals surface area (Å²) in [4.78, 5) is 4.36. The largest absolute Gasteiger partial charge is 0.381 e. The molecule has 0 atom stereocenters. The molecule has 13 heavy (non-hydrogen) atoms. The van der Waals surface area contributed by atoms with E-state index in [1.54, 1.807) is 11.3 Å². The Kier molecular flexibility index (Phi) is 1.40. The molecule has 3 heteroatoms. The Morgan fingerprint density at radius 1 is 1.38 bits per heavy atom. The fraction of sp³-hybridized carbons (Fsp3) is 0.100. The second kappa shape index (κ2) is 2.57. The smallest absolute Gasteiger partial charge is 0.0904 e. The SMILES string of the molecule is C1=Cc2c(ccc3scnc23)NC1. The van der Waals surface area contributed by atoms with E-state index in [2.05, 4.69) is 34.6 Å². The molecule has 2 heterocycles. The first kappa shape index (κ1) is 7.09. The molecular formula is C10H8N2S. The van der Waals surface area contributed by atoms with Gasteiger partial charge in [0.1, 0.15) is 0 Å². The van der Waals surface area contributed by atoms with Gasteiger partial charge in [-0.1, -0.05) is 12.2 Å². The van der Waals surface area contributed by atoms with E-state index in [1.807, 2.05) is 5.51 Å². The highest BCUT2D eigenvalue weighted by Gasteiger charge is 2.08. The van der Waals surface area contributed by atoms with Gasteiger partial charge in [0.25, 0.3) is 0 Å². The molecule has 0 spiro atoms. The van der Waals surface area contributed by atoms with Crippen LogP contribution in [-0.2, 0) is 0 Å².